The molecule has 1 heterocycles. The molecule has 29 heavy (non-hydrogen) atoms. The smallest absolute Gasteiger partial charge is 0.315 e. The molecule has 1 fully saturated rings. The summed E-state index contributed by atoms with van der Waals surface area (Å²) >= 11 is 0. The largest absolute Gasteiger partial charge is 0.352 e. The van der Waals surface area contributed by atoms with Crippen LogP contribution in [0.5, 0.6) is 0 Å². The lowest BCUT2D eigenvalue weighted by Gasteiger charge is -2.22. The predicted molar refractivity (Wildman–Crippen MR) is 110 cm³/mol. The van der Waals surface area contributed by atoms with Crippen LogP contribution in [0, 0.1) is 0 Å². The number of benzene rings is 1. The zero-order valence-electron chi connectivity index (χ0n) is 16.8. The first kappa shape index (κ1) is 20.8. The second kappa shape index (κ2) is 11.2. The van der Waals surface area contributed by atoms with Crippen molar-refractivity contribution in [2.24, 2.45) is 0 Å². The zero-order chi connectivity index (χ0) is 20.3. The zero-order valence-corrected chi connectivity index (χ0v) is 16.8. The molecule has 1 aromatic heterocycles. The fraction of sp³-hybridized carbons (Fsp3) is 0.524. The van der Waals surface area contributed by atoms with Crippen molar-refractivity contribution in [3.63, 3.8) is 0 Å². The highest BCUT2D eigenvalue weighted by Crippen LogP contribution is 2.17. The van der Waals surface area contributed by atoms with Gasteiger partial charge < -0.3 is 16.0 Å². The summed E-state index contributed by atoms with van der Waals surface area (Å²) in [7, 11) is 0. The van der Waals surface area contributed by atoms with Crippen molar-refractivity contribution in [2.75, 3.05) is 6.54 Å². The molecule has 0 bridgehead atoms. The average molecular weight is 399 g/mol. The van der Waals surface area contributed by atoms with Crippen molar-refractivity contribution in [1.82, 2.24) is 30.7 Å². The van der Waals surface area contributed by atoms with E-state index in [1.165, 1.54) is 25.6 Å². The summed E-state index contributed by atoms with van der Waals surface area (Å²) in [6, 6.07) is 8.13. The van der Waals surface area contributed by atoms with E-state index in [1.807, 2.05) is 24.3 Å². The summed E-state index contributed by atoms with van der Waals surface area (Å²) in [6.07, 6.45) is 9.95. The van der Waals surface area contributed by atoms with Crippen LogP contribution >= 0.6 is 0 Å². The Morgan fingerprint density at radius 2 is 1.86 bits per heavy atom. The molecular formula is C21H30N6O2. The second-order valence-electron chi connectivity index (χ2n) is 7.48. The van der Waals surface area contributed by atoms with Gasteiger partial charge in [0.2, 0.25) is 5.91 Å². The summed E-state index contributed by atoms with van der Waals surface area (Å²) in [5, 5.41) is 13.0. The van der Waals surface area contributed by atoms with Crippen molar-refractivity contribution in [3.8, 4) is 0 Å². The van der Waals surface area contributed by atoms with Crippen molar-refractivity contribution in [3.05, 3.63) is 48.0 Å². The van der Waals surface area contributed by atoms with E-state index in [4.69, 9.17) is 0 Å². The molecule has 0 saturated heterocycles. The lowest BCUT2D eigenvalue weighted by molar-refractivity contribution is -0.121. The number of amides is 3. The Kier molecular flexibility index (Phi) is 8.03. The number of nitrogens with zero attached hydrogens (tertiary/aromatic N) is 3. The van der Waals surface area contributed by atoms with Gasteiger partial charge in [0.25, 0.3) is 0 Å². The van der Waals surface area contributed by atoms with Gasteiger partial charge >= 0.3 is 6.03 Å². The fourth-order valence-corrected chi connectivity index (χ4v) is 3.59. The van der Waals surface area contributed by atoms with E-state index >= 15 is 0 Å². The fourth-order valence-electron chi connectivity index (χ4n) is 3.59. The Hall–Kier alpha value is -2.90. The minimum absolute atomic E-state index is 0.0185. The van der Waals surface area contributed by atoms with Gasteiger partial charge in [0, 0.05) is 25.6 Å². The van der Waals surface area contributed by atoms with E-state index in [-0.39, 0.29) is 11.9 Å². The first-order valence-electron chi connectivity index (χ1n) is 10.4. The molecule has 156 valence electrons. The maximum Gasteiger partial charge on any atom is 0.315 e. The molecular weight excluding hydrogens is 368 g/mol. The molecule has 0 spiro atoms. The Labute approximate surface area is 171 Å². The van der Waals surface area contributed by atoms with Crippen molar-refractivity contribution >= 4 is 11.9 Å². The van der Waals surface area contributed by atoms with Crippen LogP contribution in [0.15, 0.2) is 36.9 Å². The normalized spacial score (nSPS) is 14.3. The van der Waals surface area contributed by atoms with Gasteiger partial charge in [-0.15, -0.1) is 0 Å². The Balaban J connectivity index is 1.32. The lowest BCUT2D eigenvalue weighted by Crippen LogP contribution is -2.43. The highest BCUT2D eigenvalue weighted by atomic mass is 16.2. The van der Waals surface area contributed by atoms with Crippen LogP contribution in [0.3, 0.4) is 0 Å². The maximum atomic E-state index is 12.1. The summed E-state index contributed by atoms with van der Waals surface area (Å²) in [4.78, 5) is 28.0. The Bertz CT molecular complexity index is 771. The molecule has 3 amide bonds. The van der Waals surface area contributed by atoms with Gasteiger partial charge in [-0.05, 0) is 30.4 Å². The van der Waals surface area contributed by atoms with Crippen molar-refractivity contribution in [2.45, 2.75) is 64.1 Å². The third-order valence-corrected chi connectivity index (χ3v) is 5.20. The van der Waals surface area contributed by atoms with Crippen molar-refractivity contribution in [1.29, 1.82) is 0 Å². The molecule has 3 rings (SSSR count). The van der Waals surface area contributed by atoms with E-state index in [0.717, 1.165) is 24.0 Å². The SMILES string of the molecule is O=C(CCCNC(=O)NC1CCCCC1)NCc1ccccc1Cn1cncn1. The van der Waals surface area contributed by atoms with E-state index in [9.17, 15) is 9.59 Å². The molecule has 2 aromatic rings. The standard InChI is InChI=1S/C21H30N6O2/c28-20(11-6-12-23-21(29)26-19-9-2-1-3-10-19)24-13-17-7-4-5-8-18(17)14-27-16-22-15-25-27/h4-5,7-8,15-16,19H,1-3,6,9-14H2,(H,24,28)(H2,23,26,29). The highest BCUT2D eigenvalue weighted by Gasteiger charge is 2.15. The molecule has 0 aliphatic heterocycles. The van der Waals surface area contributed by atoms with Crippen LogP contribution < -0.4 is 16.0 Å². The second-order valence-corrected chi connectivity index (χ2v) is 7.48. The third kappa shape index (κ3) is 7.21. The summed E-state index contributed by atoms with van der Waals surface area (Å²) in [5.41, 5.74) is 2.15. The molecule has 8 heteroatoms. The summed E-state index contributed by atoms with van der Waals surface area (Å²) in [6.45, 7) is 1.58. The molecule has 1 aromatic carbocycles. The number of carbonyl (C=O) groups is 2. The maximum absolute atomic E-state index is 12.1. The van der Waals surface area contributed by atoms with E-state index in [0.29, 0.717) is 38.5 Å². The molecule has 3 N–H and O–H groups in total. The van der Waals surface area contributed by atoms with Gasteiger partial charge in [-0.3, -0.25) is 4.79 Å². The molecule has 1 saturated carbocycles. The van der Waals surface area contributed by atoms with Gasteiger partial charge in [-0.25, -0.2) is 14.5 Å². The monoisotopic (exact) mass is 398 g/mol. The van der Waals surface area contributed by atoms with Crippen LogP contribution in [-0.2, 0) is 17.9 Å². The topological polar surface area (TPSA) is 101 Å². The number of hydrogen-bond donors (Lipinski definition) is 3. The highest BCUT2D eigenvalue weighted by molar-refractivity contribution is 5.76. The number of nitrogens with one attached hydrogen (secondary N) is 3. The van der Waals surface area contributed by atoms with E-state index in [1.54, 1.807) is 11.0 Å². The number of rotatable bonds is 9. The summed E-state index contributed by atoms with van der Waals surface area (Å²) < 4.78 is 1.75. The average Bonchev–Trinajstić information content (AvgIpc) is 3.24. The molecule has 1 aliphatic carbocycles. The van der Waals surface area contributed by atoms with Gasteiger partial charge in [-0.2, -0.15) is 5.10 Å². The van der Waals surface area contributed by atoms with Gasteiger partial charge in [0.05, 0.1) is 6.54 Å². The molecule has 8 nitrogen and oxygen atoms in total. The molecule has 0 atom stereocenters. The van der Waals surface area contributed by atoms with Crippen LogP contribution in [0.2, 0.25) is 0 Å². The number of urea groups is 1. The first-order valence-corrected chi connectivity index (χ1v) is 10.4. The number of aromatic nitrogens is 3. The molecule has 0 unspecified atom stereocenters. The van der Waals surface area contributed by atoms with Crippen LogP contribution in [0.25, 0.3) is 0 Å². The van der Waals surface area contributed by atoms with Gasteiger partial charge in [0.15, 0.2) is 0 Å². The van der Waals surface area contributed by atoms with E-state index in [2.05, 4.69) is 26.0 Å². The minimum atomic E-state index is -0.126. The number of hydrogen-bond acceptors (Lipinski definition) is 4. The summed E-state index contributed by atoms with van der Waals surface area (Å²) in [5.74, 6) is -0.0185. The quantitative estimate of drug-likeness (QED) is 0.565. The predicted octanol–water partition coefficient (Wildman–Crippen LogP) is 2.35. The van der Waals surface area contributed by atoms with Crippen LogP contribution in [0.4, 0.5) is 4.79 Å². The van der Waals surface area contributed by atoms with Gasteiger partial charge in [-0.1, -0.05) is 43.5 Å². The van der Waals surface area contributed by atoms with E-state index < -0.39 is 0 Å². The Morgan fingerprint density at radius 3 is 2.62 bits per heavy atom. The third-order valence-electron chi connectivity index (χ3n) is 5.20. The van der Waals surface area contributed by atoms with Crippen LogP contribution in [0.1, 0.15) is 56.1 Å². The molecule has 1 aliphatic rings. The minimum Gasteiger partial charge on any atom is -0.352 e. The first-order chi connectivity index (χ1) is 14.2. The lowest BCUT2D eigenvalue weighted by atomic mass is 9.96. The number of carbonyl (C=O) groups excluding carboxylic acids is 2. The van der Waals surface area contributed by atoms with Crippen LogP contribution in [-0.4, -0.2) is 39.3 Å². The Morgan fingerprint density at radius 1 is 1.07 bits per heavy atom. The van der Waals surface area contributed by atoms with Crippen molar-refractivity contribution < 1.29 is 9.59 Å². The molecule has 0 radical (unpaired) electrons. The van der Waals surface area contributed by atoms with Gasteiger partial charge in [0.1, 0.15) is 12.7 Å².